The molecule has 0 bridgehead atoms. The number of nitrogens with one attached hydrogen (secondary N) is 1. The van der Waals surface area contributed by atoms with Crippen molar-refractivity contribution in [2.75, 3.05) is 36.4 Å². The summed E-state index contributed by atoms with van der Waals surface area (Å²) < 4.78 is 66.0. The number of sulfonamides is 1. The van der Waals surface area contributed by atoms with Crippen LogP contribution >= 0.6 is 0 Å². The predicted octanol–water partition coefficient (Wildman–Crippen LogP) is 4.54. The molecular formula is C22H29F3N4O3S. The highest BCUT2D eigenvalue weighted by molar-refractivity contribution is 7.89. The molecule has 1 amide bonds. The minimum Gasteiger partial charge on any atom is -0.370 e. The number of amides is 1. The van der Waals surface area contributed by atoms with E-state index in [4.69, 9.17) is 0 Å². The maximum Gasteiger partial charge on any atom is 0.433 e. The normalized spacial score (nSPS) is 12.2. The second-order valence-corrected chi connectivity index (χ2v) is 9.16. The average Bonchev–Trinajstić information content (AvgIpc) is 2.75. The number of nitrogens with zero attached hydrogens (tertiary/aromatic N) is 3. The lowest BCUT2D eigenvalue weighted by atomic mass is 10.1. The van der Waals surface area contributed by atoms with Crippen LogP contribution in [0.3, 0.4) is 0 Å². The summed E-state index contributed by atoms with van der Waals surface area (Å²) in [4.78, 5) is 18.4. The Kier molecular flexibility index (Phi) is 8.47. The number of pyridine rings is 1. The first-order chi connectivity index (χ1) is 15.4. The fraction of sp³-hybridized carbons (Fsp3) is 0.455. The largest absolute Gasteiger partial charge is 0.433 e. The van der Waals surface area contributed by atoms with Crippen molar-refractivity contribution in [2.24, 2.45) is 0 Å². The van der Waals surface area contributed by atoms with Gasteiger partial charge >= 0.3 is 6.18 Å². The Balaban J connectivity index is 2.53. The maximum absolute atomic E-state index is 13.0. The summed E-state index contributed by atoms with van der Waals surface area (Å²) in [5, 5.41) is 2.68. The van der Waals surface area contributed by atoms with E-state index in [1.807, 2.05) is 18.7 Å². The molecule has 33 heavy (non-hydrogen) atoms. The maximum atomic E-state index is 13.0. The van der Waals surface area contributed by atoms with Crippen LogP contribution in [0.5, 0.6) is 0 Å². The van der Waals surface area contributed by atoms with E-state index < -0.39 is 27.8 Å². The van der Waals surface area contributed by atoms with Crippen LogP contribution < -0.4 is 10.2 Å². The number of hydrogen-bond acceptors (Lipinski definition) is 5. The van der Waals surface area contributed by atoms with Crippen LogP contribution in [0.2, 0.25) is 0 Å². The Bertz CT molecular complexity index is 1100. The van der Waals surface area contributed by atoms with Gasteiger partial charge in [0.2, 0.25) is 10.0 Å². The monoisotopic (exact) mass is 486 g/mol. The molecule has 1 aromatic carbocycles. The Hall–Kier alpha value is -2.66. The van der Waals surface area contributed by atoms with Crippen LogP contribution in [-0.2, 0) is 16.2 Å². The second kappa shape index (κ2) is 10.5. The van der Waals surface area contributed by atoms with Crippen molar-refractivity contribution in [1.29, 1.82) is 0 Å². The zero-order chi connectivity index (χ0) is 25.0. The fourth-order valence-electron chi connectivity index (χ4n) is 3.48. The molecule has 0 saturated heterocycles. The molecule has 1 N–H and O–H groups in total. The molecule has 0 unspecified atom stereocenters. The van der Waals surface area contributed by atoms with E-state index >= 15 is 0 Å². The average molecular weight is 487 g/mol. The summed E-state index contributed by atoms with van der Waals surface area (Å²) in [6, 6.07) is 6.30. The van der Waals surface area contributed by atoms with Gasteiger partial charge < -0.3 is 10.2 Å². The van der Waals surface area contributed by atoms with Crippen molar-refractivity contribution in [3.05, 3.63) is 47.3 Å². The number of carbonyl (C=O) groups excluding carboxylic acids is 1. The molecule has 0 fully saturated rings. The summed E-state index contributed by atoms with van der Waals surface area (Å²) in [5.41, 5.74) is -0.363. The van der Waals surface area contributed by atoms with Gasteiger partial charge in [-0.15, -0.1) is 0 Å². The van der Waals surface area contributed by atoms with Crippen LogP contribution in [-0.4, -0.2) is 49.8 Å². The zero-order valence-corrected chi connectivity index (χ0v) is 20.1. The molecule has 0 spiro atoms. The SMILES string of the molecule is CCN(CC)c1ccc(S(=O)(=O)N(CC)CC)cc1NC(=O)c1ccc(C(F)(F)F)nc1C. The molecule has 182 valence electrons. The molecule has 0 aliphatic carbocycles. The number of halogens is 3. The number of aromatic nitrogens is 1. The molecule has 0 radical (unpaired) electrons. The number of rotatable bonds is 9. The number of alkyl halides is 3. The molecule has 2 rings (SSSR count). The van der Waals surface area contributed by atoms with E-state index in [-0.39, 0.29) is 34.9 Å². The van der Waals surface area contributed by atoms with Crippen LogP contribution in [0.4, 0.5) is 24.5 Å². The highest BCUT2D eigenvalue weighted by atomic mass is 32.2. The summed E-state index contributed by atoms with van der Waals surface area (Å²) in [6.45, 7) is 10.4. The molecular weight excluding hydrogens is 457 g/mol. The summed E-state index contributed by atoms with van der Waals surface area (Å²) in [7, 11) is -3.78. The van der Waals surface area contributed by atoms with E-state index in [1.54, 1.807) is 19.9 Å². The van der Waals surface area contributed by atoms with Gasteiger partial charge in [0, 0.05) is 26.2 Å². The number of aryl methyl sites for hydroxylation is 1. The van der Waals surface area contributed by atoms with Gasteiger partial charge in [-0.25, -0.2) is 13.4 Å². The van der Waals surface area contributed by atoms with Crippen LogP contribution in [0.25, 0.3) is 0 Å². The molecule has 1 aromatic heterocycles. The van der Waals surface area contributed by atoms with Crippen molar-refractivity contribution in [1.82, 2.24) is 9.29 Å². The zero-order valence-electron chi connectivity index (χ0n) is 19.3. The van der Waals surface area contributed by atoms with Crippen molar-refractivity contribution in [3.63, 3.8) is 0 Å². The summed E-state index contributed by atoms with van der Waals surface area (Å²) in [6.07, 6.45) is -4.62. The Morgan fingerprint density at radius 2 is 1.61 bits per heavy atom. The smallest absolute Gasteiger partial charge is 0.370 e. The number of hydrogen-bond donors (Lipinski definition) is 1. The lowest BCUT2D eigenvalue weighted by Crippen LogP contribution is -2.31. The predicted molar refractivity (Wildman–Crippen MR) is 122 cm³/mol. The highest BCUT2D eigenvalue weighted by Crippen LogP contribution is 2.32. The molecule has 0 aliphatic heterocycles. The minimum atomic E-state index is -4.62. The van der Waals surface area contributed by atoms with Crippen molar-refractivity contribution < 1.29 is 26.4 Å². The summed E-state index contributed by atoms with van der Waals surface area (Å²) >= 11 is 0. The molecule has 0 aliphatic rings. The van der Waals surface area contributed by atoms with Gasteiger partial charge in [0.15, 0.2) is 0 Å². The quantitative estimate of drug-likeness (QED) is 0.563. The first-order valence-electron chi connectivity index (χ1n) is 10.7. The first kappa shape index (κ1) is 26.6. The standard InChI is InChI=1S/C22H29F3N4O3S/c1-6-28(7-2)19-12-10-16(33(31,32)29(8-3)9-4)14-18(19)27-21(30)17-11-13-20(22(23,24)25)26-15(17)5/h10-14H,6-9H2,1-5H3,(H,27,30). The first-order valence-corrected chi connectivity index (χ1v) is 12.1. The van der Waals surface area contributed by atoms with Crippen molar-refractivity contribution in [2.45, 2.75) is 45.7 Å². The summed E-state index contributed by atoms with van der Waals surface area (Å²) in [5.74, 6) is -0.681. The Morgan fingerprint density at radius 3 is 2.09 bits per heavy atom. The van der Waals surface area contributed by atoms with E-state index in [0.717, 1.165) is 12.1 Å². The molecule has 0 atom stereocenters. The van der Waals surface area contributed by atoms with E-state index in [9.17, 15) is 26.4 Å². The van der Waals surface area contributed by atoms with Gasteiger partial charge in [-0.3, -0.25) is 4.79 Å². The van der Waals surface area contributed by atoms with Crippen molar-refractivity contribution in [3.8, 4) is 0 Å². The van der Waals surface area contributed by atoms with Gasteiger partial charge in [-0.2, -0.15) is 17.5 Å². The molecule has 0 saturated carbocycles. The van der Waals surface area contributed by atoms with E-state index in [2.05, 4.69) is 10.3 Å². The molecule has 1 heterocycles. The van der Waals surface area contributed by atoms with Crippen LogP contribution in [0.1, 0.15) is 49.4 Å². The van der Waals surface area contributed by atoms with Crippen molar-refractivity contribution >= 4 is 27.3 Å². The van der Waals surface area contributed by atoms with Gasteiger partial charge in [-0.05, 0) is 51.1 Å². The lowest BCUT2D eigenvalue weighted by Gasteiger charge is -2.26. The highest BCUT2D eigenvalue weighted by Gasteiger charge is 2.33. The number of benzene rings is 1. The topological polar surface area (TPSA) is 82.6 Å². The third-order valence-electron chi connectivity index (χ3n) is 5.28. The van der Waals surface area contributed by atoms with Crippen LogP contribution in [0, 0.1) is 6.92 Å². The number of carbonyl (C=O) groups is 1. The molecule has 11 heteroatoms. The third-order valence-corrected chi connectivity index (χ3v) is 7.33. The second-order valence-electron chi connectivity index (χ2n) is 7.22. The Labute approximate surface area is 192 Å². The van der Waals surface area contributed by atoms with Gasteiger partial charge in [0.25, 0.3) is 5.91 Å². The minimum absolute atomic E-state index is 0.0136. The molecule has 2 aromatic rings. The van der Waals surface area contributed by atoms with Gasteiger partial charge in [0.1, 0.15) is 5.69 Å². The number of anilines is 2. The van der Waals surface area contributed by atoms with Gasteiger partial charge in [-0.1, -0.05) is 13.8 Å². The lowest BCUT2D eigenvalue weighted by molar-refractivity contribution is -0.141. The Morgan fingerprint density at radius 1 is 1.00 bits per heavy atom. The third kappa shape index (κ3) is 5.83. The van der Waals surface area contributed by atoms with E-state index in [1.165, 1.54) is 23.4 Å². The fourth-order valence-corrected chi connectivity index (χ4v) is 4.96. The van der Waals surface area contributed by atoms with E-state index in [0.29, 0.717) is 18.8 Å². The molecule has 7 nitrogen and oxygen atoms in total. The van der Waals surface area contributed by atoms with Crippen LogP contribution in [0.15, 0.2) is 35.2 Å². The van der Waals surface area contributed by atoms with Gasteiger partial charge in [0.05, 0.1) is 27.5 Å².